The van der Waals surface area contributed by atoms with Crippen molar-refractivity contribution in [3.05, 3.63) is 17.7 Å². The molecule has 0 radical (unpaired) electrons. The standard InChI is InChI=1S/C13H23N5O2/c1-8(2)12-15-7-10(17-14)11(16-12)13(20)18(4)6-5-9(3)19/h7-9,17,19H,5-6,14H2,1-4H3. The van der Waals surface area contributed by atoms with E-state index >= 15 is 0 Å². The zero-order valence-corrected chi connectivity index (χ0v) is 12.4. The van der Waals surface area contributed by atoms with Gasteiger partial charge in [0.2, 0.25) is 0 Å². The van der Waals surface area contributed by atoms with E-state index in [1.54, 1.807) is 14.0 Å². The Bertz CT molecular complexity index is 462. The molecule has 4 N–H and O–H groups in total. The summed E-state index contributed by atoms with van der Waals surface area (Å²) in [6, 6.07) is 0. The number of aliphatic hydroxyl groups is 1. The van der Waals surface area contributed by atoms with E-state index in [4.69, 9.17) is 5.84 Å². The van der Waals surface area contributed by atoms with Crippen LogP contribution in [-0.4, -0.2) is 45.6 Å². The van der Waals surface area contributed by atoms with Gasteiger partial charge in [0.15, 0.2) is 5.69 Å². The summed E-state index contributed by atoms with van der Waals surface area (Å²) in [6.07, 6.45) is 1.57. The molecule has 1 heterocycles. The number of amides is 1. The molecule has 1 aromatic heterocycles. The predicted octanol–water partition coefficient (Wildman–Crippen LogP) is 0.728. The number of carbonyl (C=O) groups excluding carboxylic acids is 1. The molecule has 7 heteroatoms. The highest BCUT2D eigenvalue weighted by molar-refractivity contribution is 5.97. The maximum Gasteiger partial charge on any atom is 0.274 e. The number of nitrogens with one attached hydrogen (secondary N) is 1. The zero-order valence-electron chi connectivity index (χ0n) is 12.4. The number of aromatic nitrogens is 2. The Hall–Kier alpha value is -1.73. The van der Waals surface area contributed by atoms with Crippen molar-refractivity contribution < 1.29 is 9.90 Å². The summed E-state index contributed by atoms with van der Waals surface area (Å²) in [7, 11) is 1.67. The Labute approximate surface area is 119 Å². The summed E-state index contributed by atoms with van der Waals surface area (Å²) in [6.45, 7) is 6.04. The van der Waals surface area contributed by atoms with E-state index in [0.29, 0.717) is 24.5 Å². The van der Waals surface area contributed by atoms with Crippen molar-refractivity contribution in [1.29, 1.82) is 0 Å². The van der Waals surface area contributed by atoms with Crippen molar-refractivity contribution in [3.8, 4) is 0 Å². The van der Waals surface area contributed by atoms with Crippen LogP contribution in [0.25, 0.3) is 0 Å². The Morgan fingerprint density at radius 1 is 1.50 bits per heavy atom. The first-order valence-corrected chi connectivity index (χ1v) is 6.63. The highest BCUT2D eigenvalue weighted by Crippen LogP contribution is 2.17. The van der Waals surface area contributed by atoms with Crippen LogP contribution in [0.1, 0.15) is 49.4 Å². The molecule has 0 saturated carbocycles. The minimum Gasteiger partial charge on any atom is -0.393 e. The third kappa shape index (κ3) is 4.14. The molecule has 1 aromatic rings. The van der Waals surface area contributed by atoms with Crippen LogP contribution in [0.2, 0.25) is 0 Å². The Morgan fingerprint density at radius 3 is 2.65 bits per heavy atom. The van der Waals surface area contributed by atoms with Crippen molar-refractivity contribution in [2.45, 2.75) is 39.2 Å². The molecular formula is C13H23N5O2. The number of nitrogen functional groups attached to an aromatic ring is 1. The fourth-order valence-electron chi connectivity index (χ4n) is 1.61. The maximum atomic E-state index is 12.4. The van der Waals surface area contributed by atoms with E-state index in [-0.39, 0.29) is 17.5 Å². The third-order valence-electron chi connectivity index (χ3n) is 2.91. The third-order valence-corrected chi connectivity index (χ3v) is 2.91. The first-order valence-electron chi connectivity index (χ1n) is 6.63. The molecular weight excluding hydrogens is 258 g/mol. The van der Waals surface area contributed by atoms with Gasteiger partial charge in [0.25, 0.3) is 5.91 Å². The van der Waals surface area contributed by atoms with Gasteiger partial charge in [-0.25, -0.2) is 9.97 Å². The molecule has 0 aromatic carbocycles. The normalized spacial score (nSPS) is 12.3. The molecule has 0 aliphatic rings. The molecule has 0 aliphatic carbocycles. The van der Waals surface area contributed by atoms with Crippen LogP contribution >= 0.6 is 0 Å². The number of anilines is 1. The lowest BCUT2D eigenvalue weighted by atomic mass is 10.2. The summed E-state index contributed by atoms with van der Waals surface area (Å²) >= 11 is 0. The van der Waals surface area contributed by atoms with Crippen LogP contribution in [0.15, 0.2) is 6.20 Å². The van der Waals surface area contributed by atoms with E-state index in [0.717, 1.165) is 0 Å². The second-order valence-corrected chi connectivity index (χ2v) is 5.15. The fourth-order valence-corrected chi connectivity index (χ4v) is 1.61. The summed E-state index contributed by atoms with van der Waals surface area (Å²) in [4.78, 5) is 22.3. The number of nitrogens with zero attached hydrogens (tertiary/aromatic N) is 3. The van der Waals surface area contributed by atoms with E-state index in [1.165, 1.54) is 11.1 Å². The number of rotatable bonds is 6. The van der Waals surface area contributed by atoms with Crippen LogP contribution in [0, 0.1) is 0 Å². The minimum absolute atomic E-state index is 0.121. The Morgan fingerprint density at radius 2 is 2.15 bits per heavy atom. The van der Waals surface area contributed by atoms with Crippen molar-refractivity contribution in [3.63, 3.8) is 0 Å². The minimum atomic E-state index is -0.450. The van der Waals surface area contributed by atoms with Gasteiger partial charge in [0.1, 0.15) is 5.82 Å². The second-order valence-electron chi connectivity index (χ2n) is 5.15. The molecule has 0 saturated heterocycles. The van der Waals surface area contributed by atoms with E-state index in [1.807, 2.05) is 13.8 Å². The maximum absolute atomic E-state index is 12.4. The van der Waals surface area contributed by atoms with Crippen LogP contribution in [-0.2, 0) is 0 Å². The number of carbonyl (C=O) groups is 1. The van der Waals surface area contributed by atoms with Crippen molar-refractivity contribution in [2.24, 2.45) is 5.84 Å². The van der Waals surface area contributed by atoms with Gasteiger partial charge in [0.05, 0.1) is 18.0 Å². The fraction of sp³-hybridized carbons (Fsp3) is 0.615. The predicted molar refractivity (Wildman–Crippen MR) is 77.2 cm³/mol. The summed E-state index contributed by atoms with van der Waals surface area (Å²) in [5.41, 5.74) is 3.08. The second kappa shape index (κ2) is 7.16. The largest absolute Gasteiger partial charge is 0.393 e. The van der Waals surface area contributed by atoms with Gasteiger partial charge in [-0.15, -0.1) is 0 Å². The molecule has 1 rings (SSSR count). The molecule has 0 bridgehead atoms. The summed E-state index contributed by atoms with van der Waals surface area (Å²) in [5, 5.41) is 9.28. The van der Waals surface area contributed by atoms with Crippen LogP contribution in [0.4, 0.5) is 5.69 Å². The van der Waals surface area contributed by atoms with Gasteiger partial charge in [-0.2, -0.15) is 0 Å². The van der Waals surface area contributed by atoms with Gasteiger partial charge >= 0.3 is 0 Å². The molecule has 0 aliphatic heterocycles. The summed E-state index contributed by atoms with van der Waals surface area (Å²) < 4.78 is 0. The number of aliphatic hydroxyl groups excluding tert-OH is 1. The molecule has 0 fully saturated rings. The van der Waals surface area contributed by atoms with Crippen LogP contribution < -0.4 is 11.3 Å². The highest BCUT2D eigenvalue weighted by atomic mass is 16.3. The topological polar surface area (TPSA) is 104 Å². The SMILES string of the molecule is CC(O)CCN(C)C(=O)c1nc(C(C)C)ncc1NN. The number of hydrazine groups is 1. The van der Waals surface area contributed by atoms with Gasteiger partial charge in [0, 0.05) is 19.5 Å². The molecule has 1 unspecified atom stereocenters. The molecule has 112 valence electrons. The molecule has 20 heavy (non-hydrogen) atoms. The molecule has 0 spiro atoms. The monoisotopic (exact) mass is 281 g/mol. The van der Waals surface area contributed by atoms with Crippen molar-refractivity contribution >= 4 is 11.6 Å². The highest BCUT2D eigenvalue weighted by Gasteiger charge is 2.19. The molecule has 1 amide bonds. The van der Waals surface area contributed by atoms with E-state index < -0.39 is 6.10 Å². The van der Waals surface area contributed by atoms with Gasteiger partial charge < -0.3 is 15.4 Å². The number of hydrogen-bond acceptors (Lipinski definition) is 6. The lowest BCUT2D eigenvalue weighted by molar-refractivity contribution is 0.0763. The average Bonchev–Trinajstić information content (AvgIpc) is 2.42. The van der Waals surface area contributed by atoms with E-state index in [2.05, 4.69) is 15.4 Å². The van der Waals surface area contributed by atoms with Gasteiger partial charge in [-0.3, -0.25) is 10.6 Å². The lowest BCUT2D eigenvalue weighted by Gasteiger charge is -2.19. The van der Waals surface area contributed by atoms with E-state index in [9.17, 15) is 9.90 Å². The Kier molecular flexibility index (Phi) is 5.84. The van der Waals surface area contributed by atoms with Crippen LogP contribution in [0.3, 0.4) is 0 Å². The van der Waals surface area contributed by atoms with Crippen LogP contribution in [0.5, 0.6) is 0 Å². The zero-order chi connectivity index (χ0) is 15.3. The first kappa shape index (κ1) is 16.3. The van der Waals surface area contributed by atoms with Crippen molar-refractivity contribution in [2.75, 3.05) is 19.0 Å². The quantitative estimate of drug-likeness (QED) is 0.524. The van der Waals surface area contributed by atoms with Gasteiger partial charge in [-0.05, 0) is 13.3 Å². The number of hydrogen-bond donors (Lipinski definition) is 3. The summed E-state index contributed by atoms with van der Waals surface area (Å²) in [5.74, 6) is 5.86. The van der Waals surface area contributed by atoms with Gasteiger partial charge in [-0.1, -0.05) is 13.8 Å². The Balaban J connectivity index is 2.97. The smallest absolute Gasteiger partial charge is 0.274 e. The first-order chi connectivity index (χ1) is 9.36. The lowest BCUT2D eigenvalue weighted by Crippen LogP contribution is -2.31. The molecule has 1 atom stereocenters. The average molecular weight is 281 g/mol. The number of nitrogens with two attached hydrogens (primary N) is 1. The molecule has 7 nitrogen and oxygen atoms in total. The van der Waals surface area contributed by atoms with Crippen molar-refractivity contribution in [1.82, 2.24) is 14.9 Å².